The zero-order valence-electron chi connectivity index (χ0n) is 19.9. The summed E-state index contributed by atoms with van der Waals surface area (Å²) in [5.74, 6) is 0.561. The maximum atomic E-state index is 12.7. The second kappa shape index (κ2) is 12.2. The van der Waals surface area contributed by atoms with Gasteiger partial charge in [0.15, 0.2) is 11.0 Å². The third-order valence-corrected chi connectivity index (χ3v) is 6.30. The van der Waals surface area contributed by atoms with Crippen molar-refractivity contribution < 1.29 is 19.4 Å². The predicted octanol–water partition coefficient (Wildman–Crippen LogP) is 3.28. The van der Waals surface area contributed by atoms with Crippen LogP contribution in [0.15, 0.2) is 60.3 Å². The Bertz CT molecular complexity index is 1190. The molecule has 2 amide bonds. The Morgan fingerprint density at radius 2 is 1.91 bits per heavy atom. The molecular weight excluding hydrogens is 466 g/mol. The Balaban J connectivity index is 1.69. The monoisotopic (exact) mass is 495 g/mol. The molecule has 1 aromatic heterocycles. The number of hydrogen-bond donors (Lipinski definition) is 3. The molecule has 3 N–H and O–H groups in total. The quantitative estimate of drug-likeness (QED) is 0.276. The number of aromatic nitrogens is 3. The lowest BCUT2D eigenvalue weighted by Crippen LogP contribution is -2.33. The fourth-order valence-electron chi connectivity index (χ4n) is 3.29. The van der Waals surface area contributed by atoms with Crippen molar-refractivity contribution in [3.05, 3.63) is 77.6 Å². The normalized spacial score (nSPS) is 11.5. The fraction of sp³-hybridized carbons (Fsp3) is 0.280. The number of nitrogens with zero attached hydrogens (tertiary/aromatic N) is 3. The minimum atomic E-state index is -0.796. The van der Waals surface area contributed by atoms with Crippen molar-refractivity contribution in [2.75, 3.05) is 24.8 Å². The van der Waals surface area contributed by atoms with E-state index in [1.165, 1.54) is 11.8 Å². The van der Waals surface area contributed by atoms with E-state index in [-0.39, 0.29) is 24.2 Å². The molecule has 3 aromatic rings. The molecular formula is C25H29N5O4S. The Kier molecular flexibility index (Phi) is 9.04. The number of carbonyl (C=O) groups excluding carboxylic acids is 2. The highest BCUT2D eigenvalue weighted by Gasteiger charge is 2.23. The van der Waals surface area contributed by atoms with Crippen molar-refractivity contribution in [1.29, 1.82) is 0 Å². The fourth-order valence-corrected chi connectivity index (χ4v) is 4.04. The van der Waals surface area contributed by atoms with Crippen LogP contribution in [0.25, 0.3) is 0 Å². The molecule has 3 rings (SSSR count). The lowest BCUT2D eigenvalue weighted by molar-refractivity contribution is -0.113. The lowest BCUT2D eigenvalue weighted by atomic mass is 10.1. The first kappa shape index (κ1) is 26.0. The van der Waals surface area contributed by atoms with Gasteiger partial charge < -0.3 is 25.0 Å². The molecule has 0 fully saturated rings. The van der Waals surface area contributed by atoms with Crippen molar-refractivity contribution >= 4 is 29.3 Å². The van der Waals surface area contributed by atoms with Gasteiger partial charge in [0.1, 0.15) is 11.8 Å². The molecule has 0 saturated carbocycles. The highest BCUT2D eigenvalue weighted by molar-refractivity contribution is 7.99. The first-order valence-corrected chi connectivity index (χ1v) is 11.9. The second-order valence-electron chi connectivity index (χ2n) is 7.81. The number of nitrogens with one attached hydrogen (secondary N) is 2. The van der Waals surface area contributed by atoms with Crippen molar-refractivity contribution in [2.45, 2.75) is 31.6 Å². The van der Waals surface area contributed by atoms with Crippen LogP contribution in [0.3, 0.4) is 0 Å². The smallest absolute Gasteiger partial charge is 0.251 e. The van der Waals surface area contributed by atoms with Gasteiger partial charge in [-0.15, -0.1) is 16.8 Å². The number of anilines is 1. The van der Waals surface area contributed by atoms with E-state index in [1.807, 2.05) is 32.0 Å². The standard InChI is InChI=1S/C25H29N5O4S/c1-5-12-30-23(21(14-31)27-24(33)18-7-10-20(34-4)11-8-18)28-29-25(30)35-15-22(32)26-19-9-6-16(2)17(3)13-19/h5-11,13,21,31H,1,12,14-15H2,2-4H3,(H,26,32)(H,27,33)/t21-/m0/s1. The van der Waals surface area contributed by atoms with E-state index in [2.05, 4.69) is 27.4 Å². The van der Waals surface area contributed by atoms with Crippen LogP contribution in [-0.2, 0) is 11.3 Å². The van der Waals surface area contributed by atoms with Crippen molar-refractivity contribution in [2.24, 2.45) is 0 Å². The zero-order chi connectivity index (χ0) is 25.4. The average molecular weight is 496 g/mol. The molecule has 10 heteroatoms. The number of carbonyl (C=O) groups is 2. The zero-order valence-corrected chi connectivity index (χ0v) is 20.8. The van der Waals surface area contributed by atoms with Crippen LogP contribution >= 0.6 is 11.8 Å². The second-order valence-corrected chi connectivity index (χ2v) is 8.76. The number of thioether (sulfide) groups is 1. The molecule has 0 aliphatic heterocycles. The summed E-state index contributed by atoms with van der Waals surface area (Å²) in [7, 11) is 1.55. The number of hydrogen-bond acceptors (Lipinski definition) is 7. The molecule has 0 unspecified atom stereocenters. The Hall–Kier alpha value is -3.63. The van der Waals surface area contributed by atoms with Crippen LogP contribution in [0.2, 0.25) is 0 Å². The summed E-state index contributed by atoms with van der Waals surface area (Å²) in [5, 5.41) is 24.5. The number of rotatable bonds is 11. The Labute approximate surface area is 208 Å². The van der Waals surface area contributed by atoms with Gasteiger partial charge in [-0.2, -0.15) is 0 Å². The van der Waals surface area contributed by atoms with Gasteiger partial charge in [0.2, 0.25) is 5.91 Å². The molecule has 1 atom stereocenters. The molecule has 0 bridgehead atoms. The number of methoxy groups -OCH3 is 1. The highest BCUT2D eigenvalue weighted by atomic mass is 32.2. The van der Waals surface area contributed by atoms with Gasteiger partial charge >= 0.3 is 0 Å². The van der Waals surface area contributed by atoms with E-state index in [0.29, 0.717) is 28.8 Å². The van der Waals surface area contributed by atoms with Crippen molar-refractivity contribution in [3.8, 4) is 5.75 Å². The number of aryl methyl sites for hydroxylation is 2. The van der Waals surface area contributed by atoms with Crippen molar-refractivity contribution in [1.82, 2.24) is 20.1 Å². The van der Waals surface area contributed by atoms with Gasteiger partial charge in [0.25, 0.3) is 5.91 Å². The van der Waals surface area contributed by atoms with Crippen LogP contribution in [0.4, 0.5) is 5.69 Å². The van der Waals surface area contributed by atoms with E-state index in [0.717, 1.165) is 16.8 Å². The molecule has 1 heterocycles. The predicted molar refractivity (Wildman–Crippen MR) is 136 cm³/mol. The third-order valence-electron chi connectivity index (χ3n) is 5.33. The molecule has 35 heavy (non-hydrogen) atoms. The molecule has 0 aliphatic rings. The highest BCUT2D eigenvalue weighted by Crippen LogP contribution is 2.22. The Morgan fingerprint density at radius 1 is 1.17 bits per heavy atom. The van der Waals surface area contributed by atoms with Gasteiger partial charge in [-0.3, -0.25) is 9.59 Å². The third kappa shape index (κ3) is 6.71. The summed E-state index contributed by atoms with van der Waals surface area (Å²) in [4.78, 5) is 25.2. The van der Waals surface area contributed by atoms with Crippen molar-refractivity contribution in [3.63, 3.8) is 0 Å². The van der Waals surface area contributed by atoms with Crippen LogP contribution in [-0.4, -0.2) is 51.2 Å². The summed E-state index contributed by atoms with van der Waals surface area (Å²) in [6.45, 7) is 7.74. The summed E-state index contributed by atoms with van der Waals surface area (Å²) in [6.07, 6.45) is 1.66. The van der Waals surface area contributed by atoms with E-state index < -0.39 is 6.04 Å². The van der Waals surface area contributed by atoms with E-state index in [9.17, 15) is 14.7 Å². The van der Waals surface area contributed by atoms with Crippen LogP contribution in [0, 0.1) is 13.8 Å². The number of ether oxygens (including phenoxy) is 1. The minimum absolute atomic E-state index is 0.115. The number of aliphatic hydroxyl groups is 1. The Morgan fingerprint density at radius 3 is 2.54 bits per heavy atom. The maximum absolute atomic E-state index is 12.7. The topological polar surface area (TPSA) is 118 Å². The van der Waals surface area contributed by atoms with E-state index >= 15 is 0 Å². The van der Waals surface area contributed by atoms with Crippen LogP contribution in [0.1, 0.15) is 33.4 Å². The van der Waals surface area contributed by atoms with E-state index in [4.69, 9.17) is 4.74 Å². The number of aliphatic hydroxyl groups excluding tert-OH is 1. The van der Waals surface area contributed by atoms with Crippen LogP contribution < -0.4 is 15.4 Å². The van der Waals surface area contributed by atoms with Gasteiger partial charge in [0.05, 0.1) is 19.5 Å². The van der Waals surface area contributed by atoms with Gasteiger partial charge in [-0.05, 0) is 61.4 Å². The van der Waals surface area contributed by atoms with Gasteiger partial charge in [-0.1, -0.05) is 23.9 Å². The lowest BCUT2D eigenvalue weighted by Gasteiger charge is -2.17. The molecule has 184 valence electrons. The van der Waals surface area contributed by atoms with Crippen LogP contribution in [0.5, 0.6) is 5.75 Å². The summed E-state index contributed by atoms with van der Waals surface area (Å²) in [5.41, 5.74) is 3.39. The number of benzene rings is 2. The average Bonchev–Trinajstić information content (AvgIpc) is 3.26. The molecule has 9 nitrogen and oxygen atoms in total. The first-order chi connectivity index (χ1) is 16.9. The SMILES string of the molecule is C=CCn1c(SCC(=O)Nc2ccc(C)c(C)c2)nnc1[C@H](CO)NC(=O)c1ccc(OC)cc1. The molecule has 0 radical (unpaired) electrons. The minimum Gasteiger partial charge on any atom is -0.497 e. The molecule has 0 spiro atoms. The summed E-state index contributed by atoms with van der Waals surface area (Å²) in [6, 6.07) is 11.6. The maximum Gasteiger partial charge on any atom is 0.251 e. The molecule has 0 saturated heterocycles. The van der Waals surface area contributed by atoms with Gasteiger partial charge in [-0.25, -0.2) is 0 Å². The summed E-state index contributed by atoms with van der Waals surface area (Å²) >= 11 is 1.21. The summed E-state index contributed by atoms with van der Waals surface area (Å²) < 4.78 is 6.83. The number of allylic oxidation sites excluding steroid dienone is 1. The van der Waals surface area contributed by atoms with E-state index in [1.54, 1.807) is 42.0 Å². The largest absolute Gasteiger partial charge is 0.497 e. The molecule has 0 aliphatic carbocycles. The molecule has 2 aromatic carbocycles. The van der Waals surface area contributed by atoms with Gasteiger partial charge in [0, 0.05) is 17.8 Å². The number of amides is 2. The first-order valence-electron chi connectivity index (χ1n) is 11.0.